The predicted octanol–water partition coefficient (Wildman–Crippen LogP) is 3.64. The Morgan fingerprint density at radius 2 is 1.97 bits per heavy atom. The number of ether oxygens (including phenoxy) is 1. The number of likely N-dealkylation sites (tertiary alicyclic amines) is 1. The van der Waals surface area contributed by atoms with E-state index in [2.05, 4.69) is 13.8 Å². The fraction of sp³-hybridized carbons (Fsp3) is 0.520. The SMILES string of the molecule is COc1ccc(CN2C(=O)Cc3c(C)nc([C@H]4CCCN(C(=O)CC(C)C)C4)nc32)cc1. The fourth-order valence-corrected chi connectivity index (χ4v) is 4.55. The highest BCUT2D eigenvalue weighted by atomic mass is 16.5. The van der Waals surface area contributed by atoms with E-state index in [1.165, 1.54) is 0 Å². The Hall–Kier alpha value is -2.96. The molecule has 7 nitrogen and oxygen atoms in total. The van der Waals surface area contributed by atoms with E-state index in [9.17, 15) is 9.59 Å². The van der Waals surface area contributed by atoms with Gasteiger partial charge in [-0.15, -0.1) is 0 Å². The molecule has 1 atom stereocenters. The molecule has 1 saturated heterocycles. The number of hydrogen-bond acceptors (Lipinski definition) is 5. The number of piperidine rings is 1. The number of rotatable bonds is 6. The summed E-state index contributed by atoms with van der Waals surface area (Å²) in [5.74, 6) is 2.95. The van der Waals surface area contributed by atoms with Crippen molar-refractivity contribution in [3.05, 3.63) is 46.9 Å². The highest BCUT2D eigenvalue weighted by molar-refractivity contribution is 6.00. The van der Waals surface area contributed by atoms with Crippen LogP contribution in [0, 0.1) is 12.8 Å². The van der Waals surface area contributed by atoms with Crippen LogP contribution in [-0.4, -0.2) is 46.9 Å². The first kappa shape index (κ1) is 22.2. The summed E-state index contributed by atoms with van der Waals surface area (Å²) >= 11 is 0. The van der Waals surface area contributed by atoms with Gasteiger partial charge in [0.15, 0.2) is 0 Å². The minimum Gasteiger partial charge on any atom is -0.497 e. The van der Waals surface area contributed by atoms with Crippen LogP contribution in [0.15, 0.2) is 24.3 Å². The number of fused-ring (bicyclic) bond motifs is 1. The summed E-state index contributed by atoms with van der Waals surface area (Å²) in [6.45, 7) is 8.01. The second-order valence-corrected chi connectivity index (χ2v) is 9.25. The summed E-state index contributed by atoms with van der Waals surface area (Å²) in [5.41, 5.74) is 2.80. The van der Waals surface area contributed by atoms with Crippen LogP contribution in [0.1, 0.15) is 61.7 Å². The molecule has 2 aliphatic rings. The van der Waals surface area contributed by atoms with E-state index in [0.29, 0.717) is 31.8 Å². The van der Waals surface area contributed by atoms with Gasteiger partial charge in [-0.2, -0.15) is 0 Å². The first-order valence-electron chi connectivity index (χ1n) is 11.4. The van der Waals surface area contributed by atoms with E-state index in [-0.39, 0.29) is 17.7 Å². The van der Waals surface area contributed by atoms with Crippen molar-refractivity contribution in [3.8, 4) is 5.75 Å². The van der Waals surface area contributed by atoms with Crippen LogP contribution in [-0.2, 0) is 22.6 Å². The van der Waals surface area contributed by atoms with Gasteiger partial charge in [0.05, 0.1) is 20.1 Å². The van der Waals surface area contributed by atoms with Crippen molar-refractivity contribution in [1.29, 1.82) is 0 Å². The lowest BCUT2D eigenvalue weighted by molar-refractivity contribution is -0.133. The van der Waals surface area contributed by atoms with Gasteiger partial charge in [0.2, 0.25) is 11.8 Å². The minimum atomic E-state index is 0.0442. The highest BCUT2D eigenvalue weighted by Crippen LogP contribution is 2.34. The lowest BCUT2D eigenvalue weighted by Crippen LogP contribution is -2.40. The van der Waals surface area contributed by atoms with Crippen molar-refractivity contribution < 1.29 is 14.3 Å². The van der Waals surface area contributed by atoms with Crippen LogP contribution >= 0.6 is 0 Å². The number of carbonyl (C=O) groups is 2. The Labute approximate surface area is 189 Å². The Morgan fingerprint density at radius 3 is 2.66 bits per heavy atom. The highest BCUT2D eigenvalue weighted by Gasteiger charge is 2.34. The molecule has 7 heteroatoms. The van der Waals surface area contributed by atoms with Crippen molar-refractivity contribution >= 4 is 17.6 Å². The fourth-order valence-electron chi connectivity index (χ4n) is 4.55. The van der Waals surface area contributed by atoms with Crippen molar-refractivity contribution in [2.45, 2.75) is 58.9 Å². The zero-order valence-electron chi connectivity index (χ0n) is 19.4. The van der Waals surface area contributed by atoms with E-state index in [0.717, 1.165) is 53.6 Å². The second kappa shape index (κ2) is 9.27. The summed E-state index contributed by atoms with van der Waals surface area (Å²) in [6.07, 6.45) is 2.81. The first-order chi connectivity index (χ1) is 15.4. The van der Waals surface area contributed by atoms with Gasteiger partial charge in [-0.25, -0.2) is 9.97 Å². The number of amides is 2. The molecule has 0 unspecified atom stereocenters. The van der Waals surface area contributed by atoms with Gasteiger partial charge in [-0.1, -0.05) is 26.0 Å². The van der Waals surface area contributed by atoms with E-state index in [1.54, 1.807) is 12.0 Å². The molecule has 2 aliphatic heterocycles. The molecule has 0 saturated carbocycles. The van der Waals surface area contributed by atoms with E-state index in [1.807, 2.05) is 36.1 Å². The quantitative estimate of drug-likeness (QED) is 0.691. The van der Waals surface area contributed by atoms with Crippen molar-refractivity contribution in [3.63, 3.8) is 0 Å². The van der Waals surface area contributed by atoms with Crippen molar-refractivity contribution in [1.82, 2.24) is 14.9 Å². The summed E-state index contributed by atoms with van der Waals surface area (Å²) in [7, 11) is 1.64. The number of anilines is 1. The zero-order chi connectivity index (χ0) is 22.8. The van der Waals surface area contributed by atoms with Gasteiger partial charge >= 0.3 is 0 Å². The number of methoxy groups -OCH3 is 1. The smallest absolute Gasteiger partial charge is 0.233 e. The Bertz CT molecular complexity index is 1000. The van der Waals surface area contributed by atoms with Crippen LogP contribution in [0.2, 0.25) is 0 Å². The molecular formula is C25H32N4O3. The maximum Gasteiger partial charge on any atom is 0.233 e. The normalized spacial score (nSPS) is 18.3. The largest absolute Gasteiger partial charge is 0.497 e. The maximum absolute atomic E-state index is 12.8. The number of aryl methyl sites for hydroxylation is 1. The van der Waals surface area contributed by atoms with Gasteiger partial charge in [0, 0.05) is 36.7 Å². The molecule has 32 heavy (non-hydrogen) atoms. The van der Waals surface area contributed by atoms with Crippen LogP contribution in [0.3, 0.4) is 0 Å². The van der Waals surface area contributed by atoms with E-state index < -0.39 is 0 Å². The summed E-state index contributed by atoms with van der Waals surface area (Å²) < 4.78 is 5.23. The van der Waals surface area contributed by atoms with Crippen LogP contribution in [0.4, 0.5) is 5.82 Å². The first-order valence-corrected chi connectivity index (χ1v) is 11.4. The molecule has 0 aliphatic carbocycles. The molecule has 2 amide bonds. The summed E-state index contributed by atoms with van der Waals surface area (Å²) in [4.78, 5) is 38.8. The van der Waals surface area contributed by atoms with Crippen molar-refractivity contribution in [2.24, 2.45) is 5.92 Å². The third kappa shape index (κ3) is 4.61. The molecule has 0 spiro atoms. The van der Waals surface area contributed by atoms with Crippen LogP contribution in [0.5, 0.6) is 5.75 Å². The Morgan fingerprint density at radius 1 is 1.22 bits per heavy atom. The molecule has 4 rings (SSSR count). The summed E-state index contributed by atoms with van der Waals surface area (Å²) in [5, 5.41) is 0. The third-order valence-corrected chi connectivity index (χ3v) is 6.32. The second-order valence-electron chi connectivity index (χ2n) is 9.25. The molecule has 0 radical (unpaired) electrons. The molecule has 0 bridgehead atoms. The monoisotopic (exact) mass is 436 g/mol. The van der Waals surface area contributed by atoms with E-state index >= 15 is 0 Å². The summed E-state index contributed by atoms with van der Waals surface area (Å²) in [6, 6.07) is 7.74. The zero-order valence-corrected chi connectivity index (χ0v) is 19.4. The molecule has 2 aromatic rings. The average molecular weight is 437 g/mol. The number of nitrogens with zero attached hydrogens (tertiary/aromatic N) is 4. The lowest BCUT2D eigenvalue weighted by Gasteiger charge is -2.33. The topological polar surface area (TPSA) is 75.6 Å². The average Bonchev–Trinajstić information content (AvgIpc) is 3.09. The molecule has 170 valence electrons. The molecule has 1 aromatic carbocycles. The number of carbonyl (C=O) groups excluding carboxylic acids is 2. The molecule has 3 heterocycles. The van der Waals surface area contributed by atoms with Crippen LogP contribution in [0.25, 0.3) is 0 Å². The predicted molar refractivity (Wildman–Crippen MR) is 123 cm³/mol. The van der Waals surface area contributed by atoms with Gasteiger partial charge in [-0.3, -0.25) is 14.5 Å². The Kier molecular flexibility index (Phi) is 6.44. The number of hydrogen-bond donors (Lipinski definition) is 0. The Balaban J connectivity index is 1.57. The van der Waals surface area contributed by atoms with Gasteiger partial charge in [0.1, 0.15) is 17.4 Å². The lowest BCUT2D eigenvalue weighted by atomic mass is 9.96. The van der Waals surface area contributed by atoms with Crippen molar-refractivity contribution in [2.75, 3.05) is 25.1 Å². The molecular weight excluding hydrogens is 404 g/mol. The molecule has 0 N–H and O–H groups in total. The van der Waals surface area contributed by atoms with Gasteiger partial charge < -0.3 is 9.64 Å². The molecule has 1 aromatic heterocycles. The van der Waals surface area contributed by atoms with Gasteiger partial charge in [0.25, 0.3) is 0 Å². The standard InChI is InChI=1S/C25H32N4O3/c1-16(2)12-22(30)28-11-5-6-19(15-28)24-26-17(3)21-13-23(31)29(25(21)27-24)14-18-7-9-20(32-4)10-8-18/h7-10,16,19H,5-6,11-15H2,1-4H3/t19-/m0/s1. The number of benzene rings is 1. The van der Waals surface area contributed by atoms with E-state index in [4.69, 9.17) is 14.7 Å². The number of aromatic nitrogens is 2. The minimum absolute atomic E-state index is 0.0442. The van der Waals surface area contributed by atoms with Crippen LogP contribution < -0.4 is 9.64 Å². The molecule has 1 fully saturated rings. The maximum atomic E-state index is 12.8. The van der Waals surface area contributed by atoms with Gasteiger partial charge in [-0.05, 0) is 43.4 Å². The third-order valence-electron chi connectivity index (χ3n) is 6.32.